The summed E-state index contributed by atoms with van der Waals surface area (Å²) in [6, 6.07) is 21.6. The normalized spacial score (nSPS) is 11.9. The minimum Gasteiger partial charge on any atom is -0.495 e. The molecule has 1 atom stereocenters. The summed E-state index contributed by atoms with van der Waals surface area (Å²) in [5, 5.41) is 3.31. The van der Waals surface area contributed by atoms with Gasteiger partial charge in [-0.1, -0.05) is 85.1 Å². The molecule has 10 heteroatoms. The van der Waals surface area contributed by atoms with Crippen molar-refractivity contribution in [3.63, 3.8) is 0 Å². The van der Waals surface area contributed by atoms with Crippen LogP contribution >= 0.6 is 11.6 Å². The van der Waals surface area contributed by atoms with Gasteiger partial charge >= 0.3 is 0 Å². The van der Waals surface area contributed by atoms with Crippen molar-refractivity contribution in [1.82, 2.24) is 10.2 Å². The van der Waals surface area contributed by atoms with E-state index in [-0.39, 0.29) is 42.8 Å². The van der Waals surface area contributed by atoms with Gasteiger partial charge in [0.25, 0.3) is 0 Å². The first kappa shape index (κ1) is 33.9. The fourth-order valence-electron chi connectivity index (χ4n) is 4.76. The molecular formula is C33H42ClN3O5S. The van der Waals surface area contributed by atoms with Crippen molar-refractivity contribution in [1.29, 1.82) is 0 Å². The molecule has 3 rings (SSSR count). The highest BCUT2D eigenvalue weighted by atomic mass is 35.5. The minimum absolute atomic E-state index is 0.0509. The molecule has 43 heavy (non-hydrogen) atoms. The van der Waals surface area contributed by atoms with E-state index in [0.717, 1.165) is 35.8 Å². The Balaban J connectivity index is 1.87. The highest BCUT2D eigenvalue weighted by Crippen LogP contribution is 2.30. The van der Waals surface area contributed by atoms with Crippen LogP contribution in [-0.2, 0) is 32.6 Å². The first-order chi connectivity index (χ1) is 20.5. The zero-order valence-corrected chi connectivity index (χ0v) is 27.0. The second kappa shape index (κ2) is 16.3. The Morgan fingerprint density at radius 3 is 2.28 bits per heavy atom. The van der Waals surface area contributed by atoms with Crippen molar-refractivity contribution in [2.45, 2.75) is 58.5 Å². The monoisotopic (exact) mass is 627 g/mol. The molecule has 3 aromatic rings. The van der Waals surface area contributed by atoms with Crippen LogP contribution in [0.4, 0.5) is 5.69 Å². The summed E-state index contributed by atoms with van der Waals surface area (Å²) in [4.78, 5) is 29.1. The number of carbonyl (C=O) groups excluding carboxylic acids is 2. The first-order valence-corrected chi connectivity index (χ1v) is 16.7. The Bertz CT molecular complexity index is 1450. The number of hydrogen-bond acceptors (Lipinski definition) is 5. The molecule has 232 valence electrons. The van der Waals surface area contributed by atoms with Gasteiger partial charge in [0.05, 0.1) is 24.1 Å². The SMILES string of the molecule is CCCCNC(=O)[C@H](Cc1ccccc1)N(Cc1ccc(C)cc1)C(=O)CCCN(c1ccc(OC)c(Cl)c1)S(C)(=O)=O. The van der Waals surface area contributed by atoms with Crippen LogP contribution in [-0.4, -0.2) is 57.6 Å². The van der Waals surface area contributed by atoms with Gasteiger partial charge < -0.3 is 15.0 Å². The van der Waals surface area contributed by atoms with Crippen LogP contribution < -0.4 is 14.4 Å². The number of amides is 2. The molecule has 0 heterocycles. The molecule has 0 radical (unpaired) electrons. The van der Waals surface area contributed by atoms with E-state index < -0.39 is 16.1 Å². The summed E-state index contributed by atoms with van der Waals surface area (Å²) in [5.41, 5.74) is 3.33. The van der Waals surface area contributed by atoms with Crippen LogP contribution in [0.1, 0.15) is 49.3 Å². The number of carbonyl (C=O) groups is 2. The van der Waals surface area contributed by atoms with Crippen molar-refractivity contribution in [2.24, 2.45) is 0 Å². The molecule has 0 bridgehead atoms. The van der Waals surface area contributed by atoms with E-state index in [0.29, 0.717) is 24.4 Å². The maximum atomic E-state index is 13.9. The van der Waals surface area contributed by atoms with E-state index in [9.17, 15) is 18.0 Å². The third-order valence-corrected chi connectivity index (χ3v) is 8.64. The maximum Gasteiger partial charge on any atom is 0.243 e. The lowest BCUT2D eigenvalue weighted by molar-refractivity contribution is -0.141. The predicted octanol–water partition coefficient (Wildman–Crippen LogP) is 5.76. The van der Waals surface area contributed by atoms with Crippen molar-refractivity contribution in [3.8, 4) is 5.75 Å². The summed E-state index contributed by atoms with van der Waals surface area (Å²) in [6.45, 7) is 4.90. The summed E-state index contributed by atoms with van der Waals surface area (Å²) in [5.74, 6) is -0.000715. The van der Waals surface area contributed by atoms with Crippen LogP contribution in [0.25, 0.3) is 0 Å². The van der Waals surface area contributed by atoms with Crippen LogP contribution in [0, 0.1) is 6.92 Å². The largest absolute Gasteiger partial charge is 0.495 e. The number of halogens is 1. The number of sulfonamides is 1. The van der Waals surface area contributed by atoms with Gasteiger partial charge in [-0.3, -0.25) is 13.9 Å². The first-order valence-electron chi connectivity index (χ1n) is 14.5. The number of unbranched alkanes of at least 4 members (excludes halogenated alkanes) is 1. The number of rotatable bonds is 16. The summed E-state index contributed by atoms with van der Waals surface area (Å²) in [7, 11) is -2.18. The van der Waals surface area contributed by atoms with Crippen LogP contribution in [0.15, 0.2) is 72.8 Å². The van der Waals surface area contributed by atoms with Gasteiger partial charge in [-0.15, -0.1) is 0 Å². The Hall–Kier alpha value is -3.56. The molecular weight excluding hydrogens is 586 g/mol. The average Bonchev–Trinajstić information content (AvgIpc) is 2.98. The smallest absolute Gasteiger partial charge is 0.243 e. The Labute approximate surface area is 261 Å². The summed E-state index contributed by atoms with van der Waals surface area (Å²) >= 11 is 6.27. The number of nitrogens with zero attached hydrogens (tertiary/aromatic N) is 2. The second-order valence-electron chi connectivity index (χ2n) is 10.6. The quantitative estimate of drug-likeness (QED) is 0.204. The fourth-order valence-corrected chi connectivity index (χ4v) is 5.97. The highest BCUT2D eigenvalue weighted by molar-refractivity contribution is 7.92. The molecule has 1 N–H and O–H groups in total. The molecule has 3 aromatic carbocycles. The molecule has 8 nitrogen and oxygen atoms in total. The Morgan fingerprint density at radius 1 is 0.977 bits per heavy atom. The molecule has 0 aliphatic carbocycles. The van der Waals surface area contributed by atoms with Crippen molar-refractivity contribution < 1.29 is 22.7 Å². The Morgan fingerprint density at radius 2 is 1.67 bits per heavy atom. The number of nitrogens with one attached hydrogen (secondary N) is 1. The number of methoxy groups -OCH3 is 1. The predicted molar refractivity (Wildman–Crippen MR) is 173 cm³/mol. The number of aryl methyl sites for hydroxylation is 1. The minimum atomic E-state index is -3.66. The lowest BCUT2D eigenvalue weighted by Crippen LogP contribution is -2.50. The van der Waals surface area contributed by atoms with Crippen molar-refractivity contribution >= 4 is 39.1 Å². The van der Waals surface area contributed by atoms with E-state index in [4.69, 9.17) is 16.3 Å². The molecule has 0 unspecified atom stereocenters. The Kier molecular flexibility index (Phi) is 12.9. The zero-order chi connectivity index (χ0) is 31.4. The van der Waals surface area contributed by atoms with Gasteiger partial charge in [-0.05, 0) is 49.1 Å². The van der Waals surface area contributed by atoms with Crippen LogP contribution in [0.5, 0.6) is 5.75 Å². The number of ether oxygens (including phenoxy) is 1. The van der Waals surface area contributed by atoms with Gasteiger partial charge in [0.1, 0.15) is 11.8 Å². The van der Waals surface area contributed by atoms with Gasteiger partial charge in [-0.2, -0.15) is 0 Å². The summed E-state index contributed by atoms with van der Waals surface area (Å²) in [6.07, 6.45) is 3.55. The lowest BCUT2D eigenvalue weighted by Gasteiger charge is -2.32. The lowest BCUT2D eigenvalue weighted by atomic mass is 10.0. The van der Waals surface area contributed by atoms with Gasteiger partial charge in [0.2, 0.25) is 21.8 Å². The zero-order valence-electron chi connectivity index (χ0n) is 25.4. The fraction of sp³-hybridized carbons (Fsp3) is 0.394. The molecule has 0 aromatic heterocycles. The van der Waals surface area contributed by atoms with E-state index in [1.807, 2.05) is 61.5 Å². The molecule has 0 saturated heterocycles. The van der Waals surface area contributed by atoms with Gasteiger partial charge in [-0.25, -0.2) is 8.42 Å². The van der Waals surface area contributed by atoms with Gasteiger partial charge in [0, 0.05) is 32.5 Å². The maximum absolute atomic E-state index is 13.9. The van der Waals surface area contributed by atoms with E-state index in [2.05, 4.69) is 12.2 Å². The second-order valence-corrected chi connectivity index (χ2v) is 12.9. The van der Waals surface area contributed by atoms with Crippen molar-refractivity contribution in [2.75, 3.05) is 30.8 Å². The molecule has 0 aliphatic rings. The number of benzene rings is 3. The standard InChI is InChI=1S/C33H42ClN3O5S/c1-5-6-20-35-33(39)30(22-26-11-8-7-9-12-26)36(24-27-16-14-25(2)15-17-27)32(38)13-10-21-37(43(4,40)41)28-18-19-31(42-3)29(34)23-28/h7-9,11-12,14-19,23,30H,5-6,10,13,20-22,24H2,1-4H3,(H,35,39)/t30-/m0/s1. The molecule has 2 amide bonds. The molecule has 0 fully saturated rings. The van der Waals surface area contributed by atoms with Gasteiger partial charge in [0.15, 0.2) is 0 Å². The molecule has 0 aliphatic heterocycles. The third-order valence-electron chi connectivity index (χ3n) is 7.15. The third kappa shape index (κ3) is 10.3. The molecule has 0 spiro atoms. The summed E-state index contributed by atoms with van der Waals surface area (Å²) < 4.78 is 31.8. The number of anilines is 1. The van der Waals surface area contributed by atoms with E-state index in [1.54, 1.807) is 17.0 Å². The van der Waals surface area contributed by atoms with Crippen LogP contribution in [0.2, 0.25) is 5.02 Å². The average molecular weight is 628 g/mol. The topological polar surface area (TPSA) is 96.0 Å². The van der Waals surface area contributed by atoms with E-state index >= 15 is 0 Å². The molecule has 0 saturated carbocycles. The van der Waals surface area contributed by atoms with E-state index in [1.165, 1.54) is 17.5 Å². The highest BCUT2D eigenvalue weighted by Gasteiger charge is 2.30. The van der Waals surface area contributed by atoms with Crippen LogP contribution in [0.3, 0.4) is 0 Å². The van der Waals surface area contributed by atoms with Crippen molar-refractivity contribution in [3.05, 3.63) is 94.5 Å². The number of hydrogen-bond donors (Lipinski definition) is 1.